The van der Waals surface area contributed by atoms with Gasteiger partial charge >= 0.3 is 0 Å². The molecule has 0 radical (unpaired) electrons. The molecule has 0 saturated heterocycles. The van der Waals surface area contributed by atoms with Crippen LogP contribution in [0.15, 0.2) is 139 Å². The van der Waals surface area contributed by atoms with Crippen molar-refractivity contribution >= 4 is 44.9 Å². The van der Waals surface area contributed by atoms with E-state index in [0.29, 0.717) is 17.2 Å². The van der Waals surface area contributed by atoms with E-state index >= 15 is 0 Å². The van der Waals surface area contributed by atoms with Gasteiger partial charge in [0.25, 0.3) is 0 Å². The van der Waals surface area contributed by atoms with Crippen LogP contribution in [0.3, 0.4) is 0 Å². The van der Waals surface area contributed by atoms with Crippen LogP contribution < -0.4 is 5.43 Å². The lowest BCUT2D eigenvalue weighted by atomic mass is 9.82. The minimum Gasteiger partial charge on any atom is -0.299 e. The van der Waals surface area contributed by atoms with E-state index in [0.717, 1.165) is 55.3 Å². The molecule has 0 spiro atoms. The van der Waals surface area contributed by atoms with E-state index in [-0.39, 0.29) is 5.41 Å². The highest BCUT2D eigenvalue weighted by atomic mass is 15.3. The molecule has 48 heavy (non-hydrogen) atoms. The topological polar surface area (TPSA) is 74.0 Å². The van der Waals surface area contributed by atoms with Crippen molar-refractivity contribution < 1.29 is 0 Å². The average molecular weight is 618 g/mol. The average Bonchev–Trinajstić information content (AvgIpc) is 3.36. The highest BCUT2D eigenvalue weighted by Crippen LogP contribution is 2.49. The smallest absolute Gasteiger partial charge is 0.160 e. The second kappa shape index (κ2) is 10.7. The summed E-state index contributed by atoms with van der Waals surface area (Å²) < 4.78 is 0. The Morgan fingerprint density at radius 1 is 0.646 bits per heavy atom. The quantitative estimate of drug-likeness (QED) is 0.193. The molecule has 0 atom stereocenters. The molecule has 6 aromatic carbocycles. The molecular formula is C43H31N5. The molecule has 0 bridgehead atoms. The monoisotopic (exact) mass is 617 g/mol. The van der Waals surface area contributed by atoms with Crippen molar-refractivity contribution in [2.24, 2.45) is 5.10 Å². The van der Waals surface area contributed by atoms with Gasteiger partial charge in [-0.05, 0) is 75.0 Å². The summed E-state index contributed by atoms with van der Waals surface area (Å²) in [5.74, 6) is 0.678. The summed E-state index contributed by atoms with van der Waals surface area (Å²) >= 11 is 0. The second-order valence-electron chi connectivity index (χ2n) is 13.0. The van der Waals surface area contributed by atoms with E-state index in [9.17, 15) is 0 Å². The Bertz CT molecular complexity index is 2520. The fraction of sp³-hybridized carbons (Fsp3) is 0.0698. The molecule has 0 unspecified atom stereocenters. The maximum Gasteiger partial charge on any atom is 0.160 e. The lowest BCUT2D eigenvalue weighted by Crippen LogP contribution is -2.19. The minimum absolute atomic E-state index is 0.0515. The fourth-order valence-electron chi connectivity index (χ4n) is 7.32. The fourth-order valence-corrected chi connectivity index (χ4v) is 7.32. The standard InChI is InChI=1S/C43H31N5/c1-43(2)35-14-8-6-12-32(35)34-25-28(19-22-36(34)43)40-33-13-7-9-15-38(33)45-42(46-40)29-18-21-31-27(24-29)17-16-26-20-23-37(44)41(39(26)31)48-47-30-10-4-3-5-11-30/h3-25,44,47H,1-2H3/b44-37?,48-41+. The molecule has 2 aliphatic rings. The van der Waals surface area contributed by atoms with Gasteiger partial charge in [-0.25, -0.2) is 9.97 Å². The molecule has 1 heterocycles. The van der Waals surface area contributed by atoms with Crippen molar-refractivity contribution in [3.63, 3.8) is 0 Å². The first-order valence-electron chi connectivity index (χ1n) is 16.2. The molecule has 0 amide bonds. The maximum absolute atomic E-state index is 8.71. The van der Waals surface area contributed by atoms with Crippen LogP contribution in [0.4, 0.5) is 5.69 Å². The zero-order valence-electron chi connectivity index (χ0n) is 26.6. The van der Waals surface area contributed by atoms with E-state index in [1.165, 1.54) is 22.3 Å². The van der Waals surface area contributed by atoms with E-state index in [1.54, 1.807) is 6.08 Å². The molecule has 2 aliphatic carbocycles. The number of fused-ring (bicyclic) bond motifs is 7. The van der Waals surface area contributed by atoms with E-state index < -0.39 is 0 Å². The molecule has 2 N–H and O–H groups in total. The molecule has 228 valence electrons. The van der Waals surface area contributed by atoms with Crippen molar-refractivity contribution in [1.29, 1.82) is 5.41 Å². The number of nitrogens with zero attached hydrogens (tertiary/aromatic N) is 3. The first kappa shape index (κ1) is 28.1. The molecule has 9 rings (SSSR count). The van der Waals surface area contributed by atoms with Gasteiger partial charge in [0.05, 0.1) is 22.6 Å². The van der Waals surface area contributed by atoms with Gasteiger partial charge in [-0.2, -0.15) is 5.10 Å². The second-order valence-corrected chi connectivity index (χ2v) is 13.0. The van der Waals surface area contributed by atoms with E-state index in [1.807, 2.05) is 42.5 Å². The van der Waals surface area contributed by atoms with E-state index in [4.69, 9.17) is 20.5 Å². The van der Waals surface area contributed by atoms with Gasteiger partial charge in [0, 0.05) is 27.5 Å². The Hall–Kier alpha value is -6.20. The van der Waals surface area contributed by atoms with Crippen molar-refractivity contribution in [2.45, 2.75) is 19.3 Å². The summed E-state index contributed by atoms with van der Waals surface area (Å²) in [7, 11) is 0. The Morgan fingerprint density at radius 3 is 2.31 bits per heavy atom. The van der Waals surface area contributed by atoms with Crippen molar-refractivity contribution in [3.8, 4) is 33.8 Å². The third-order valence-electron chi connectivity index (χ3n) is 9.76. The molecule has 0 aliphatic heterocycles. The third-order valence-corrected chi connectivity index (χ3v) is 9.76. The Labute approximate surface area is 278 Å². The molecule has 5 nitrogen and oxygen atoms in total. The van der Waals surface area contributed by atoms with E-state index in [2.05, 4.69) is 110 Å². The number of nitrogens with one attached hydrogen (secondary N) is 2. The summed E-state index contributed by atoms with van der Waals surface area (Å²) in [4.78, 5) is 10.3. The molecule has 5 heteroatoms. The third kappa shape index (κ3) is 4.39. The number of hydrogen-bond donors (Lipinski definition) is 2. The number of aromatic nitrogens is 2. The van der Waals surface area contributed by atoms with Gasteiger partial charge < -0.3 is 0 Å². The molecule has 1 aromatic heterocycles. The van der Waals surface area contributed by atoms with Gasteiger partial charge in [-0.3, -0.25) is 10.8 Å². The van der Waals surface area contributed by atoms with Crippen molar-refractivity contribution in [1.82, 2.24) is 9.97 Å². The summed E-state index contributed by atoms with van der Waals surface area (Å²) in [6.45, 7) is 4.61. The predicted molar refractivity (Wildman–Crippen MR) is 199 cm³/mol. The number of hydrogen-bond acceptors (Lipinski definition) is 5. The number of para-hydroxylation sites is 2. The van der Waals surface area contributed by atoms with Gasteiger partial charge in [0.2, 0.25) is 0 Å². The lowest BCUT2D eigenvalue weighted by molar-refractivity contribution is 0.660. The van der Waals surface area contributed by atoms with Gasteiger partial charge in [0.1, 0.15) is 5.71 Å². The van der Waals surface area contributed by atoms with Gasteiger partial charge in [-0.1, -0.05) is 117 Å². The highest BCUT2D eigenvalue weighted by molar-refractivity contribution is 6.55. The summed E-state index contributed by atoms with van der Waals surface area (Å²) in [6, 6.07) is 44.2. The first-order valence-corrected chi connectivity index (χ1v) is 16.2. The Kier molecular flexibility index (Phi) is 6.24. The number of anilines is 1. The van der Waals surface area contributed by atoms with Crippen LogP contribution in [0.1, 0.15) is 36.1 Å². The van der Waals surface area contributed by atoms with Gasteiger partial charge in [0.15, 0.2) is 5.82 Å². The molecule has 7 aromatic rings. The Morgan fingerprint density at radius 2 is 1.42 bits per heavy atom. The number of rotatable bonds is 4. The molecular weight excluding hydrogens is 587 g/mol. The summed E-state index contributed by atoms with van der Waals surface area (Å²) in [5, 5.41) is 16.5. The number of hydrazone groups is 1. The van der Waals surface area contributed by atoms with Crippen LogP contribution in [0.25, 0.3) is 61.5 Å². The minimum atomic E-state index is -0.0515. The number of allylic oxidation sites excluding steroid dienone is 1. The van der Waals surface area contributed by atoms with Crippen LogP contribution in [-0.4, -0.2) is 21.4 Å². The normalized spacial score (nSPS) is 15.0. The maximum atomic E-state index is 8.71. The Balaban J connectivity index is 1.17. The molecule has 0 saturated carbocycles. The van der Waals surface area contributed by atoms with Crippen molar-refractivity contribution in [3.05, 3.63) is 156 Å². The zero-order valence-corrected chi connectivity index (χ0v) is 26.6. The predicted octanol–water partition coefficient (Wildman–Crippen LogP) is 10.3. The van der Waals surface area contributed by atoms with Gasteiger partial charge in [-0.15, -0.1) is 0 Å². The van der Waals surface area contributed by atoms with Crippen LogP contribution in [0.5, 0.6) is 0 Å². The molecule has 0 fully saturated rings. The summed E-state index contributed by atoms with van der Waals surface area (Å²) in [6.07, 6.45) is 3.79. The van der Waals surface area contributed by atoms with Crippen LogP contribution in [-0.2, 0) is 5.41 Å². The highest BCUT2D eigenvalue weighted by Gasteiger charge is 2.35. The van der Waals surface area contributed by atoms with Crippen molar-refractivity contribution in [2.75, 3.05) is 5.43 Å². The van der Waals surface area contributed by atoms with Crippen LogP contribution in [0, 0.1) is 5.41 Å². The number of benzene rings is 6. The summed E-state index contributed by atoms with van der Waals surface area (Å²) in [5.41, 5.74) is 16.0. The van der Waals surface area contributed by atoms with Crippen LogP contribution >= 0.6 is 0 Å². The largest absolute Gasteiger partial charge is 0.299 e. The lowest BCUT2D eigenvalue weighted by Gasteiger charge is -2.21. The first-order chi connectivity index (χ1) is 23.5. The zero-order chi connectivity index (χ0) is 32.4. The SMILES string of the molecule is CC1(C)c2ccccc2-c2cc(-c3nc(-c4ccc5c6c(ccc5c4)C=CC(=N)/C6=N\Nc4ccccc4)nc4ccccc34)ccc21. The van der Waals surface area contributed by atoms with Crippen LogP contribution in [0.2, 0.25) is 0 Å².